The van der Waals surface area contributed by atoms with Crippen molar-refractivity contribution in [1.29, 1.82) is 0 Å². The quantitative estimate of drug-likeness (QED) is 0.540. The molecule has 0 unspecified atom stereocenters. The number of carbonyl (C=O) groups is 1. The third-order valence-electron chi connectivity index (χ3n) is 4.75. The Bertz CT molecular complexity index is 287. The minimum absolute atomic E-state index is 0.0139. The van der Waals surface area contributed by atoms with Crippen LogP contribution in [0, 0.1) is 0 Å². The molecule has 1 spiro atoms. The lowest BCUT2D eigenvalue weighted by Gasteiger charge is -2.43. The van der Waals surface area contributed by atoms with Crippen molar-refractivity contribution in [3.63, 3.8) is 0 Å². The summed E-state index contributed by atoms with van der Waals surface area (Å²) in [6.45, 7) is 4.78. The first-order valence-electron chi connectivity index (χ1n) is 7.05. The number of rotatable bonds is 2. The maximum atomic E-state index is 10.7. The Balaban J connectivity index is 1.49. The van der Waals surface area contributed by atoms with Crippen LogP contribution in [0.15, 0.2) is 0 Å². The van der Waals surface area contributed by atoms with Crippen LogP contribution in [0.4, 0.5) is 0 Å². The highest BCUT2D eigenvalue weighted by Gasteiger charge is 2.41. The van der Waals surface area contributed by atoms with Crippen molar-refractivity contribution in [1.82, 2.24) is 9.80 Å². The maximum Gasteiger partial charge on any atom is 0.209 e. The van der Waals surface area contributed by atoms with E-state index in [2.05, 4.69) is 4.90 Å². The van der Waals surface area contributed by atoms with E-state index in [-0.39, 0.29) is 5.60 Å². The van der Waals surface area contributed by atoms with E-state index in [0.717, 1.165) is 71.3 Å². The van der Waals surface area contributed by atoms with Crippen molar-refractivity contribution in [2.45, 2.75) is 43.7 Å². The van der Waals surface area contributed by atoms with Crippen molar-refractivity contribution in [3.05, 3.63) is 0 Å². The number of nitrogens with zero attached hydrogens (tertiary/aromatic N) is 2. The number of piperidine rings is 2. The Labute approximate surface area is 108 Å². The molecule has 0 aromatic carbocycles. The molecule has 0 aliphatic carbocycles. The maximum absolute atomic E-state index is 10.7. The van der Waals surface area contributed by atoms with Crippen molar-refractivity contribution < 1.29 is 14.6 Å². The van der Waals surface area contributed by atoms with E-state index in [1.807, 2.05) is 4.90 Å². The third-order valence-corrected chi connectivity index (χ3v) is 4.75. The normalized spacial score (nSPS) is 29.9. The smallest absolute Gasteiger partial charge is 0.209 e. The van der Waals surface area contributed by atoms with Crippen LogP contribution in [0.25, 0.3) is 0 Å². The molecule has 3 saturated heterocycles. The number of hydrogen-bond donors (Lipinski definition) is 0. The molecule has 0 N–H and O–H groups in total. The van der Waals surface area contributed by atoms with E-state index in [4.69, 9.17) is 9.78 Å². The molecule has 1 amide bonds. The second-order valence-corrected chi connectivity index (χ2v) is 5.75. The molecule has 0 saturated carbocycles. The number of amides is 1. The Morgan fingerprint density at radius 3 is 2.33 bits per heavy atom. The van der Waals surface area contributed by atoms with E-state index in [1.165, 1.54) is 0 Å². The highest BCUT2D eigenvalue weighted by Crippen LogP contribution is 2.35. The number of likely N-dealkylation sites (tertiary alicyclic amines) is 2. The molecule has 3 aliphatic rings. The second-order valence-electron chi connectivity index (χ2n) is 5.75. The zero-order valence-corrected chi connectivity index (χ0v) is 10.8. The molecule has 3 aliphatic heterocycles. The Hall–Kier alpha value is -0.650. The highest BCUT2D eigenvalue weighted by molar-refractivity contribution is 5.47. The van der Waals surface area contributed by atoms with E-state index in [0.29, 0.717) is 6.04 Å². The number of carbonyl (C=O) groups excluding carboxylic acids is 1. The van der Waals surface area contributed by atoms with Gasteiger partial charge < -0.3 is 9.80 Å². The van der Waals surface area contributed by atoms with Crippen LogP contribution in [-0.4, -0.2) is 60.6 Å². The molecule has 102 valence electrons. The van der Waals surface area contributed by atoms with Gasteiger partial charge in [0.05, 0.1) is 6.61 Å². The van der Waals surface area contributed by atoms with Gasteiger partial charge in [0.2, 0.25) is 6.41 Å². The van der Waals surface area contributed by atoms with Gasteiger partial charge in [0.1, 0.15) is 5.60 Å². The summed E-state index contributed by atoms with van der Waals surface area (Å²) in [6, 6.07) is 0.654. The lowest BCUT2D eigenvalue weighted by molar-refractivity contribution is -0.316. The molecular formula is C13H22N2O3. The van der Waals surface area contributed by atoms with Crippen LogP contribution in [0.2, 0.25) is 0 Å². The van der Waals surface area contributed by atoms with Gasteiger partial charge >= 0.3 is 0 Å². The lowest BCUT2D eigenvalue weighted by atomic mass is 9.87. The van der Waals surface area contributed by atoms with Crippen LogP contribution >= 0.6 is 0 Å². The van der Waals surface area contributed by atoms with Crippen LogP contribution < -0.4 is 0 Å². The van der Waals surface area contributed by atoms with Crippen LogP contribution in [-0.2, 0) is 14.6 Å². The van der Waals surface area contributed by atoms with Crippen molar-refractivity contribution in [2.75, 3.05) is 32.8 Å². The molecule has 0 atom stereocenters. The molecule has 0 bridgehead atoms. The standard InChI is InChI=1S/C13H22N2O3/c16-11-14-6-1-12(2-7-14)15-8-3-13(4-9-15)5-10-17-18-13/h11-12H,1-10H2. The largest absolute Gasteiger partial charge is 0.345 e. The van der Waals surface area contributed by atoms with Gasteiger partial charge in [-0.25, -0.2) is 9.78 Å². The molecule has 5 heteroatoms. The molecule has 0 aromatic heterocycles. The minimum atomic E-state index is 0.0139. The molecule has 3 heterocycles. The summed E-state index contributed by atoms with van der Waals surface area (Å²) < 4.78 is 0. The van der Waals surface area contributed by atoms with Crippen LogP contribution in [0.3, 0.4) is 0 Å². The topological polar surface area (TPSA) is 42.0 Å². The first kappa shape index (κ1) is 12.4. The molecule has 3 rings (SSSR count). The molecule has 0 radical (unpaired) electrons. The van der Waals surface area contributed by atoms with Gasteiger partial charge in [-0.05, 0) is 25.7 Å². The Morgan fingerprint density at radius 2 is 1.78 bits per heavy atom. The second kappa shape index (κ2) is 5.15. The Morgan fingerprint density at radius 1 is 1.06 bits per heavy atom. The molecule has 5 nitrogen and oxygen atoms in total. The first-order chi connectivity index (χ1) is 8.81. The zero-order chi connectivity index (χ0) is 12.4. The van der Waals surface area contributed by atoms with Crippen molar-refractivity contribution >= 4 is 6.41 Å². The van der Waals surface area contributed by atoms with Gasteiger partial charge in [0.15, 0.2) is 0 Å². The molecular weight excluding hydrogens is 232 g/mol. The van der Waals surface area contributed by atoms with E-state index in [1.54, 1.807) is 0 Å². The number of hydrogen-bond acceptors (Lipinski definition) is 4. The van der Waals surface area contributed by atoms with Gasteiger partial charge in [-0.15, -0.1) is 0 Å². The monoisotopic (exact) mass is 254 g/mol. The van der Waals surface area contributed by atoms with Gasteiger partial charge in [-0.2, -0.15) is 0 Å². The molecule has 0 aromatic rings. The van der Waals surface area contributed by atoms with Gasteiger partial charge in [-0.3, -0.25) is 4.79 Å². The van der Waals surface area contributed by atoms with Gasteiger partial charge in [-0.1, -0.05) is 0 Å². The summed E-state index contributed by atoms with van der Waals surface area (Å²) in [5.74, 6) is 0. The summed E-state index contributed by atoms with van der Waals surface area (Å²) in [4.78, 5) is 25.7. The van der Waals surface area contributed by atoms with Gasteiger partial charge in [0.25, 0.3) is 0 Å². The Kier molecular flexibility index (Phi) is 3.54. The van der Waals surface area contributed by atoms with Crippen molar-refractivity contribution in [3.8, 4) is 0 Å². The summed E-state index contributed by atoms with van der Waals surface area (Å²) in [6.07, 6.45) is 6.42. The van der Waals surface area contributed by atoms with Gasteiger partial charge in [0, 0.05) is 38.6 Å². The fraction of sp³-hybridized carbons (Fsp3) is 0.923. The first-order valence-corrected chi connectivity index (χ1v) is 7.05. The van der Waals surface area contributed by atoms with Crippen molar-refractivity contribution in [2.24, 2.45) is 0 Å². The fourth-order valence-electron chi connectivity index (χ4n) is 3.42. The van der Waals surface area contributed by atoms with Crippen LogP contribution in [0.5, 0.6) is 0 Å². The van der Waals surface area contributed by atoms with E-state index in [9.17, 15) is 4.79 Å². The lowest BCUT2D eigenvalue weighted by Crippen LogP contribution is -2.51. The average Bonchev–Trinajstić information content (AvgIpc) is 2.88. The summed E-state index contributed by atoms with van der Waals surface area (Å²) in [7, 11) is 0. The summed E-state index contributed by atoms with van der Waals surface area (Å²) >= 11 is 0. The van der Waals surface area contributed by atoms with E-state index < -0.39 is 0 Å². The SMILES string of the molecule is O=CN1CCC(N2CCC3(CCOO3)CC2)CC1. The fourth-order valence-corrected chi connectivity index (χ4v) is 3.42. The van der Waals surface area contributed by atoms with Crippen LogP contribution in [0.1, 0.15) is 32.1 Å². The highest BCUT2D eigenvalue weighted by atomic mass is 17.2. The van der Waals surface area contributed by atoms with E-state index >= 15 is 0 Å². The molecule has 18 heavy (non-hydrogen) atoms. The minimum Gasteiger partial charge on any atom is -0.345 e. The zero-order valence-electron chi connectivity index (χ0n) is 10.8. The third kappa shape index (κ3) is 2.39. The molecule has 3 fully saturated rings. The predicted octanol–water partition coefficient (Wildman–Crippen LogP) is 0.794. The summed E-state index contributed by atoms with van der Waals surface area (Å²) in [5.41, 5.74) is 0.0139. The predicted molar refractivity (Wildman–Crippen MR) is 65.9 cm³/mol. The summed E-state index contributed by atoms with van der Waals surface area (Å²) in [5, 5.41) is 0. The average molecular weight is 254 g/mol.